The van der Waals surface area contributed by atoms with Gasteiger partial charge in [-0.1, -0.05) is 0 Å². The lowest BCUT2D eigenvalue weighted by Gasteiger charge is -2.33. The molecule has 23 heavy (non-hydrogen) atoms. The first-order chi connectivity index (χ1) is 11.1. The molecule has 2 rings (SSSR count). The quantitative estimate of drug-likeness (QED) is 0.812. The summed E-state index contributed by atoms with van der Waals surface area (Å²) in [5.41, 5.74) is 0.618. The van der Waals surface area contributed by atoms with E-state index in [4.69, 9.17) is 14.2 Å². The highest BCUT2D eigenvalue weighted by atomic mass is 16.5. The van der Waals surface area contributed by atoms with E-state index in [2.05, 4.69) is 22.5 Å². The topological polar surface area (TPSA) is 72.1 Å². The van der Waals surface area contributed by atoms with Gasteiger partial charge in [0.15, 0.2) is 11.5 Å². The third kappa shape index (κ3) is 4.27. The highest BCUT2D eigenvalue weighted by molar-refractivity contribution is 5.93. The Morgan fingerprint density at radius 2 is 1.91 bits per heavy atom. The number of carbonyl (C=O) groups excluding carboxylic acids is 1. The second-order valence-corrected chi connectivity index (χ2v) is 5.49. The number of piperazine rings is 1. The van der Waals surface area contributed by atoms with Crippen LogP contribution in [0.3, 0.4) is 0 Å². The Bertz CT molecular complexity index is 525. The first kappa shape index (κ1) is 17.4. The largest absolute Gasteiger partial charge is 0.493 e. The van der Waals surface area contributed by atoms with E-state index in [0.29, 0.717) is 35.5 Å². The Morgan fingerprint density at radius 3 is 2.43 bits per heavy atom. The van der Waals surface area contributed by atoms with Crippen molar-refractivity contribution in [1.29, 1.82) is 0 Å². The van der Waals surface area contributed by atoms with E-state index < -0.39 is 0 Å². The lowest BCUT2D eigenvalue weighted by molar-refractivity contribution is -0.118. The number of methoxy groups -OCH3 is 3. The molecule has 0 saturated carbocycles. The molecule has 7 heteroatoms. The van der Waals surface area contributed by atoms with Crippen LogP contribution >= 0.6 is 0 Å². The van der Waals surface area contributed by atoms with Crippen LogP contribution < -0.4 is 24.8 Å². The zero-order valence-electron chi connectivity index (χ0n) is 14.1. The molecule has 1 saturated heterocycles. The van der Waals surface area contributed by atoms with Crippen molar-refractivity contribution in [3.8, 4) is 17.2 Å². The van der Waals surface area contributed by atoms with Crippen molar-refractivity contribution in [3.63, 3.8) is 0 Å². The summed E-state index contributed by atoms with van der Waals surface area (Å²) in [5.74, 6) is 1.46. The van der Waals surface area contributed by atoms with Gasteiger partial charge in [-0.2, -0.15) is 0 Å². The van der Waals surface area contributed by atoms with E-state index in [1.54, 1.807) is 33.5 Å². The number of nitrogens with zero attached hydrogens (tertiary/aromatic N) is 1. The van der Waals surface area contributed by atoms with Crippen LogP contribution in [0, 0.1) is 0 Å². The highest BCUT2D eigenvalue weighted by Crippen LogP contribution is 2.39. The van der Waals surface area contributed by atoms with E-state index in [9.17, 15) is 4.79 Å². The molecule has 1 aliphatic rings. The Kier molecular flexibility index (Phi) is 6.06. The second kappa shape index (κ2) is 8.03. The van der Waals surface area contributed by atoms with Crippen LogP contribution in [0.15, 0.2) is 12.1 Å². The molecule has 0 spiro atoms. The minimum Gasteiger partial charge on any atom is -0.493 e. The predicted molar refractivity (Wildman–Crippen MR) is 88.6 cm³/mol. The number of carbonyl (C=O) groups is 1. The van der Waals surface area contributed by atoms with Gasteiger partial charge < -0.3 is 24.8 Å². The van der Waals surface area contributed by atoms with Crippen molar-refractivity contribution in [2.45, 2.75) is 13.0 Å². The highest BCUT2D eigenvalue weighted by Gasteiger charge is 2.21. The molecule has 1 aliphatic heterocycles. The predicted octanol–water partition coefficient (Wildman–Crippen LogP) is 0.945. The van der Waals surface area contributed by atoms with Crippen LogP contribution in [0.5, 0.6) is 17.2 Å². The van der Waals surface area contributed by atoms with Crippen molar-refractivity contribution in [1.82, 2.24) is 10.2 Å². The third-order valence-electron chi connectivity index (χ3n) is 3.93. The molecule has 0 aliphatic carbocycles. The summed E-state index contributed by atoms with van der Waals surface area (Å²) < 4.78 is 15.9. The van der Waals surface area contributed by atoms with Gasteiger partial charge in [-0.3, -0.25) is 9.69 Å². The van der Waals surface area contributed by atoms with E-state index >= 15 is 0 Å². The van der Waals surface area contributed by atoms with E-state index in [1.165, 1.54) is 0 Å². The molecular formula is C16H25N3O4. The Balaban J connectivity index is 2.08. The van der Waals surface area contributed by atoms with Gasteiger partial charge in [-0.15, -0.1) is 0 Å². The lowest BCUT2D eigenvalue weighted by Crippen LogP contribution is -2.51. The van der Waals surface area contributed by atoms with Crippen molar-refractivity contribution < 1.29 is 19.0 Å². The normalized spacial score (nSPS) is 18.3. The summed E-state index contributed by atoms with van der Waals surface area (Å²) in [6, 6.07) is 3.79. The summed E-state index contributed by atoms with van der Waals surface area (Å²) in [6.07, 6.45) is 0. The average Bonchev–Trinajstić information content (AvgIpc) is 2.55. The second-order valence-electron chi connectivity index (χ2n) is 5.49. The van der Waals surface area contributed by atoms with Crippen molar-refractivity contribution in [3.05, 3.63) is 12.1 Å². The van der Waals surface area contributed by atoms with Gasteiger partial charge in [-0.05, 0) is 6.92 Å². The number of anilines is 1. The fraction of sp³-hybridized carbons (Fsp3) is 0.562. The van der Waals surface area contributed by atoms with Crippen molar-refractivity contribution in [2.24, 2.45) is 0 Å². The summed E-state index contributed by atoms with van der Waals surface area (Å²) in [5, 5.41) is 6.20. The maximum absolute atomic E-state index is 12.3. The molecule has 0 radical (unpaired) electrons. The van der Waals surface area contributed by atoms with Gasteiger partial charge in [0.1, 0.15) is 0 Å². The fourth-order valence-corrected chi connectivity index (χ4v) is 2.66. The van der Waals surface area contributed by atoms with Crippen LogP contribution in [0.2, 0.25) is 0 Å². The van der Waals surface area contributed by atoms with Gasteiger partial charge in [0.2, 0.25) is 11.7 Å². The molecule has 1 amide bonds. The van der Waals surface area contributed by atoms with E-state index in [1.807, 2.05) is 0 Å². The van der Waals surface area contributed by atoms with Gasteiger partial charge >= 0.3 is 0 Å². The zero-order valence-corrected chi connectivity index (χ0v) is 14.1. The number of hydrogen-bond acceptors (Lipinski definition) is 6. The van der Waals surface area contributed by atoms with Gasteiger partial charge in [0.05, 0.1) is 27.9 Å². The van der Waals surface area contributed by atoms with Gasteiger partial charge in [-0.25, -0.2) is 0 Å². The number of rotatable bonds is 6. The number of benzene rings is 1. The molecule has 0 unspecified atom stereocenters. The summed E-state index contributed by atoms with van der Waals surface area (Å²) in [6.45, 7) is 5.14. The first-order valence-corrected chi connectivity index (χ1v) is 7.63. The molecule has 1 heterocycles. The SMILES string of the molecule is COc1cc(NC(=O)CN2CCNC[C@@H]2C)cc(OC)c1OC. The maximum atomic E-state index is 12.3. The monoisotopic (exact) mass is 323 g/mol. The first-order valence-electron chi connectivity index (χ1n) is 7.63. The Hall–Kier alpha value is -1.99. The molecule has 7 nitrogen and oxygen atoms in total. The fourth-order valence-electron chi connectivity index (χ4n) is 2.66. The number of nitrogens with one attached hydrogen (secondary N) is 2. The Labute approximate surface area is 136 Å². The summed E-state index contributed by atoms with van der Waals surface area (Å²) >= 11 is 0. The third-order valence-corrected chi connectivity index (χ3v) is 3.93. The van der Waals surface area contributed by atoms with Crippen molar-refractivity contribution in [2.75, 3.05) is 52.8 Å². The Morgan fingerprint density at radius 1 is 1.26 bits per heavy atom. The van der Waals surface area contributed by atoms with Gasteiger partial charge in [0.25, 0.3) is 0 Å². The molecule has 1 aromatic rings. The van der Waals surface area contributed by atoms with E-state index in [0.717, 1.165) is 19.6 Å². The van der Waals surface area contributed by atoms with Crippen LogP contribution in [0.4, 0.5) is 5.69 Å². The maximum Gasteiger partial charge on any atom is 0.238 e. The molecular weight excluding hydrogens is 298 g/mol. The van der Waals surface area contributed by atoms with Crippen LogP contribution in [0.1, 0.15) is 6.92 Å². The number of hydrogen-bond donors (Lipinski definition) is 2. The average molecular weight is 323 g/mol. The number of ether oxygens (including phenoxy) is 3. The minimum absolute atomic E-state index is 0.0620. The summed E-state index contributed by atoms with van der Waals surface area (Å²) in [4.78, 5) is 14.5. The summed E-state index contributed by atoms with van der Waals surface area (Å²) in [7, 11) is 4.64. The minimum atomic E-state index is -0.0620. The number of amides is 1. The van der Waals surface area contributed by atoms with Gasteiger partial charge in [0, 0.05) is 43.5 Å². The van der Waals surface area contributed by atoms with E-state index in [-0.39, 0.29) is 5.91 Å². The van der Waals surface area contributed by atoms with Crippen LogP contribution in [0.25, 0.3) is 0 Å². The molecule has 2 N–H and O–H groups in total. The molecule has 1 fully saturated rings. The lowest BCUT2D eigenvalue weighted by atomic mass is 10.2. The molecule has 1 aromatic carbocycles. The van der Waals surface area contributed by atoms with Crippen LogP contribution in [-0.4, -0.2) is 64.4 Å². The smallest absolute Gasteiger partial charge is 0.238 e. The standard InChI is InChI=1S/C16H25N3O4/c1-11-9-17-5-6-19(11)10-15(20)18-12-7-13(21-2)16(23-4)14(8-12)22-3/h7-8,11,17H,5-6,9-10H2,1-4H3,(H,18,20)/t11-/m0/s1. The van der Waals surface area contributed by atoms with Crippen molar-refractivity contribution >= 4 is 11.6 Å². The molecule has 128 valence electrons. The molecule has 0 bridgehead atoms. The zero-order chi connectivity index (χ0) is 16.8. The molecule has 0 aromatic heterocycles. The molecule has 1 atom stereocenters. The van der Waals surface area contributed by atoms with Crippen LogP contribution in [-0.2, 0) is 4.79 Å².